The molecule has 2 N–H and O–H groups in total. The maximum atomic E-state index is 10.4. The van der Waals surface area contributed by atoms with E-state index in [9.17, 15) is 9.59 Å². The minimum absolute atomic E-state index is 0.547. The molecule has 0 aliphatic carbocycles. The Balaban J connectivity index is 3.41. The summed E-state index contributed by atoms with van der Waals surface area (Å²) in [5, 5.41) is 0. The van der Waals surface area contributed by atoms with Crippen LogP contribution in [-0.2, 0) is 14.5 Å². The van der Waals surface area contributed by atoms with Crippen molar-refractivity contribution in [3.05, 3.63) is 25.3 Å². The lowest BCUT2D eigenvalue weighted by Gasteiger charge is -2.00. The van der Waals surface area contributed by atoms with Gasteiger partial charge in [-0.25, -0.2) is 11.0 Å². The Morgan fingerprint density at radius 1 is 1.09 bits per heavy atom. The summed E-state index contributed by atoms with van der Waals surface area (Å²) in [6, 6.07) is 0. The molecule has 0 aliphatic heterocycles. The lowest BCUT2D eigenvalue weighted by molar-refractivity contribution is -0.145. The summed E-state index contributed by atoms with van der Waals surface area (Å²) < 4.78 is 0. The van der Waals surface area contributed by atoms with Crippen molar-refractivity contribution >= 4 is 11.8 Å². The van der Waals surface area contributed by atoms with Crippen LogP contribution in [-0.4, -0.2) is 11.8 Å². The van der Waals surface area contributed by atoms with Crippen LogP contribution < -0.4 is 11.0 Å². The minimum atomic E-state index is -0.547. The molecule has 0 rings (SSSR count). The molecule has 5 nitrogen and oxygen atoms in total. The van der Waals surface area contributed by atoms with Gasteiger partial charge in [0.1, 0.15) is 0 Å². The molecule has 0 aromatic heterocycles. The van der Waals surface area contributed by atoms with Gasteiger partial charge in [-0.2, -0.15) is 4.94 Å². The molecule has 5 heteroatoms. The van der Waals surface area contributed by atoms with Crippen LogP contribution in [0.15, 0.2) is 25.3 Å². The van der Waals surface area contributed by atoms with E-state index in [0.29, 0.717) is 0 Å². The van der Waals surface area contributed by atoms with Gasteiger partial charge in [-0.15, -0.1) is 0 Å². The number of hydrogen-bond acceptors (Lipinski definition) is 3. The smallest absolute Gasteiger partial charge is 0.268 e. The molecule has 0 saturated heterocycles. The highest BCUT2D eigenvalue weighted by molar-refractivity contribution is 5.87. The van der Waals surface area contributed by atoms with Gasteiger partial charge in [0, 0.05) is 0 Å². The summed E-state index contributed by atoms with van der Waals surface area (Å²) in [6.07, 6.45) is 2.00. The van der Waals surface area contributed by atoms with E-state index < -0.39 is 11.8 Å². The largest absolute Gasteiger partial charge is 0.268 e. The maximum absolute atomic E-state index is 10.4. The Hall–Kier alpha value is -1.62. The first-order valence-corrected chi connectivity index (χ1v) is 2.71. The Labute approximate surface area is 63.6 Å². The van der Waals surface area contributed by atoms with Crippen LogP contribution in [0, 0.1) is 0 Å². The number of rotatable bonds is 4. The molecule has 0 spiro atoms. The Kier molecular flexibility index (Phi) is 4.42. The quantitative estimate of drug-likeness (QED) is 0.423. The van der Waals surface area contributed by atoms with Gasteiger partial charge in [-0.1, -0.05) is 13.2 Å². The van der Waals surface area contributed by atoms with Crippen LogP contribution in [0.5, 0.6) is 0 Å². The van der Waals surface area contributed by atoms with Crippen molar-refractivity contribution in [2.75, 3.05) is 0 Å². The highest BCUT2D eigenvalue weighted by Crippen LogP contribution is 1.67. The number of hydroxylamine groups is 2. The third-order valence-corrected chi connectivity index (χ3v) is 0.674. The molecule has 11 heavy (non-hydrogen) atoms. The first kappa shape index (κ1) is 9.38. The summed E-state index contributed by atoms with van der Waals surface area (Å²) in [5.41, 5.74) is 3.72. The van der Waals surface area contributed by atoms with Gasteiger partial charge in [0.05, 0.1) is 0 Å². The molecule has 0 atom stereocenters. The second kappa shape index (κ2) is 5.19. The number of carbonyl (C=O) groups excluding carboxylic acids is 2. The SMILES string of the molecule is C=CC(=O)NONC(=O)C=C. The van der Waals surface area contributed by atoms with Crippen LogP contribution in [0.3, 0.4) is 0 Å². The Bertz CT molecular complexity index is 168. The molecule has 0 aliphatic rings. The molecule has 0 unspecified atom stereocenters. The molecule has 60 valence electrons. The molecule has 0 aromatic rings. The van der Waals surface area contributed by atoms with E-state index in [4.69, 9.17) is 0 Å². The average Bonchev–Trinajstić information content (AvgIpc) is 2.04. The highest BCUT2D eigenvalue weighted by atomic mass is 16.8. The highest BCUT2D eigenvalue weighted by Gasteiger charge is 1.94. The van der Waals surface area contributed by atoms with Crippen molar-refractivity contribution < 1.29 is 14.5 Å². The van der Waals surface area contributed by atoms with Gasteiger partial charge >= 0.3 is 0 Å². The van der Waals surface area contributed by atoms with Crippen LogP contribution >= 0.6 is 0 Å². The molecular formula is C6H8N2O3. The van der Waals surface area contributed by atoms with Crippen molar-refractivity contribution in [2.45, 2.75) is 0 Å². The summed E-state index contributed by atoms with van der Waals surface area (Å²) in [6.45, 7) is 6.31. The van der Waals surface area contributed by atoms with Crippen LogP contribution in [0.1, 0.15) is 0 Å². The molecule has 0 saturated carbocycles. The third kappa shape index (κ3) is 4.86. The summed E-state index contributed by atoms with van der Waals surface area (Å²) >= 11 is 0. The predicted molar refractivity (Wildman–Crippen MR) is 37.8 cm³/mol. The van der Waals surface area contributed by atoms with E-state index in [1.54, 1.807) is 0 Å². The molecular weight excluding hydrogens is 148 g/mol. The lowest BCUT2D eigenvalue weighted by Crippen LogP contribution is -2.32. The zero-order valence-corrected chi connectivity index (χ0v) is 5.79. The standard InChI is InChI=1S/C6H8N2O3/c1-3-5(9)7-11-8-6(10)4-2/h3-4H,1-2H2,(H,7,9)(H,8,10). The van der Waals surface area contributed by atoms with Crippen LogP contribution in [0.2, 0.25) is 0 Å². The van der Waals surface area contributed by atoms with E-state index in [0.717, 1.165) is 12.2 Å². The van der Waals surface area contributed by atoms with Crippen molar-refractivity contribution in [1.82, 2.24) is 11.0 Å². The van der Waals surface area contributed by atoms with Gasteiger partial charge < -0.3 is 0 Å². The van der Waals surface area contributed by atoms with E-state index >= 15 is 0 Å². The molecule has 0 radical (unpaired) electrons. The fraction of sp³-hybridized carbons (Fsp3) is 0. The first-order chi connectivity index (χ1) is 5.20. The maximum Gasteiger partial charge on any atom is 0.268 e. The second-order valence-electron chi connectivity index (χ2n) is 1.44. The average molecular weight is 156 g/mol. The first-order valence-electron chi connectivity index (χ1n) is 2.71. The van der Waals surface area contributed by atoms with E-state index in [1.165, 1.54) is 0 Å². The van der Waals surface area contributed by atoms with E-state index in [-0.39, 0.29) is 0 Å². The minimum Gasteiger partial charge on any atom is -0.268 e. The molecule has 0 bridgehead atoms. The molecule has 0 fully saturated rings. The van der Waals surface area contributed by atoms with Gasteiger partial charge in [0.2, 0.25) is 0 Å². The van der Waals surface area contributed by atoms with Crippen LogP contribution in [0.4, 0.5) is 0 Å². The van der Waals surface area contributed by atoms with Crippen molar-refractivity contribution in [3.8, 4) is 0 Å². The van der Waals surface area contributed by atoms with E-state index in [2.05, 4.69) is 18.1 Å². The normalized spacial score (nSPS) is 8.00. The molecule has 0 heterocycles. The van der Waals surface area contributed by atoms with Gasteiger partial charge in [-0.3, -0.25) is 9.59 Å². The number of nitrogens with one attached hydrogen (secondary N) is 2. The van der Waals surface area contributed by atoms with Crippen LogP contribution in [0.25, 0.3) is 0 Å². The fourth-order valence-corrected chi connectivity index (χ4v) is 0.209. The van der Waals surface area contributed by atoms with Gasteiger partial charge in [0.15, 0.2) is 0 Å². The van der Waals surface area contributed by atoms with Crippen molar-refractivity contribution in [2.24, 2.45) is 0 Å². The summed E-state index contributed by atoms with van der Waals surface area (Å²) in [4.78, 5) is 24.9. The monoisotopic (exact) mass is 156 g/mol. The Morgan fingerprint density at radius 3 is 1.73 bits per heavy atom. The third-order valence-electron chi connectivity index (χ3n) is 0.674. The Morgan fingerprint density at radius 2 is 1.45 bits per heavy atom. The second-order valence-corrected chi connectivity index (χ2v) is 1.44. The number of hydrogen-bond donors (Lipinski definition) is 2. The predicted octanol–water partition coefficient (Wildman–Crippen LogP) is -0.563. The zero-order valence-electron chi connectivity index (χ0n) is 5.79. The topological polar surface area (TPSA) is 67.4 Å². The van der Waals surface area contributed by atoms with E-state index in [1.807, 2.05) is 11.0 Å². The van der Waals surface area contributed by atoms with Gasteiger partial charge in [0.25, 0.3) is 11.8 Å². The molecule has 0 aromatic carbocycles. The summed E-state index contributed by atoms with van der Waals surface area (Å²) in [7, 11) is 0. The number of carbonyl (C=O) groups is 2. The van der Waals surface area contributed by atoms with Gasteiger partial charge in [-0.05, 0) is 12.2 Å². The van der Waals surface area contributed by atoms with Crippen molar-refractivity contribution in [3.63, 3.8) is 0 Å². The zero-order chi connectivity index (χ0) is 8.69. The fourth-order valence-electron chi connectivity index (χ4n) is 0.209. The summed E-state index contributed by atoms with van der Waals surface area (Å²) in [5.74, 6) is -1.09. The lowest BCUT2D eigenvalue weighted by atomic mass is 10.6. The van der Waals surface area contributed by atoms with Crippen molar-refractivity contribution in [1.29, 1.82) is 0 Å². The number of amides is 2. The molecule has 2 amide bonds.